The molecule has 0 atom stereocenters. The Hall–Kier alpha value is -2.76. The minimum Gasteiger partial charge on any atom is -0.278 e. The van der Waals surface area contributed by atoms with Crippen LogP contribution in [-0.4, -0.2) is 15.9 Å². The Balaban J connectivity index is 1.79. The first-order chi connectivity index (χ1) is 13.5. The fourth-order valence-corrected chi connectivity index (χ4v) is 4.37. The number of amides is 1. The van der Waals surface area contributed by atoms with Gasteiger partial charge >= 0.3 is 0 Å². The highest BCUT2D eigenvalue weighted by atomic mass is 35.5. The summed E-state index contributed by atoms with van der Waals surface area (Å²) in [7, 11) is 0. The summed E-state index contributed by atoms with van der Waals surface area (Å²) in [6.07, 6.45) is 1.73. The lowest BCUT2D eigenvalue weighted by Gasteiger charge is -2.19. The summed E-state index contributed by atoms with van der Waals surface area (Å²) in [5.74, 6) is -0.129. The Bertz CT molecular complexity index is 1140. The van der Waals surface area contributed by atoms with Gasteiger partial charge in [0.15, 0.2) is 5.13 Å². The molecule has 2 aromatic heterocycles. The van der Waals surface area contributed by atoms with Crippen LogP contribution in [0.5, 0.6) is 0 Å². The predicted molar refractivity (Wildman–Crippen MR) is 115 cm³/mol. The predicted octanol–water partition coefficient (Wildman–Crippen LogP) is 5.81. The number of benzene rings is 2. The standard InChI is InChI=1S/C22H18ClN3OS/c1-14-11-15(2)20-19(12-14)28-22(25-20)26(13-18-5-3-4-10-24-18)21(27)16-6-8-17(23)9-7-16/h3-12H,13H2,1-2H3. The van der Waals surface area contributed by atoms with Gasteiger partial charge in [0.1, 0.15) is 0 Å². The lowest BCUT2D eigenvalue weighted by Crippen LogP contribution is -2.30. The maximum atomic E-state index is 13.3. The summed E-state index contributed by atoms with van der Waals surface area (Å²) >= 11 is 7.50. The number of pyridine rings is 1. The Morgan fingerprint density at radius 3 is 2.61 bits per heavy atom. The number of nitrogens with zero attached hydrogens (tertiary/aromatic N) is 3. The maximum Gasteiger partial charge on any atom is 0.260 e. The van der Waals surface area contributed by atoms with Crippen molar-refractivity contribution in [3.05, 3.63) is 88.2 Å². The Morgan fingerprint density at radius 1 is 1.11 bits per heavy atom. The number of carbonyl (C=O) groups is 1. The van der Waals surface area contributed by atoms with E-state index in [-0.39, 0.29) is 5.91 Å². The molecule has 0 spiro atoms. The van der Waals surface area contributed by atoms with Crippen LogP contribution in [0.1, 0.15) is 27.2 Å². The van der Waals surface area contributed by atoms with Gasteiger partial charge in [0, 0.05) is 16.8 Å². The monoisotopic (exact) mass is 407 g/mol. The van der Waals surface area contributed by atoms with Crippen molar-refractivity contribution in [1.82, 2.24) is 9.97 Å². The molecular weight excluding hydrogens is 390 g/mol. The van der Waals surface area contributed by atoms with E-state index in [0.717, 1.165) is 21.5 Å². The number of aryl methyl sites for hydroxylation is 2. The van der Waals surface area contributed by atoms with Gasteiger partial charge in [-0.1, -0.05) is 35.1 Å². The molecule has 4 rings (SSSR count). The van der Waals surface area contributed by atoms with Crippen molar-refractivity contribution in [1.29, 1.82) is 0 Å². The zero-order chi connectivity index (χ0) is 19.7. The zero-order valence-corrected chi connectivity index (χ0v) is 17.1. The second-order valence-electron chi connectivity index (χ2n) is 6.64. The summed E-state index contributed by atoms with van der Waals surface area (Å²) < 4.78 is 1.07. The number of hydrogen-bond donors (Lipinski definition) is 0. The summed E-state index contributed by atoms with van der Waals surface area (Å²) in [6, 6.07) is 16.8. The van der Waals surface area contributed by atoms with Crippen molar-refractivity contribution in [2.75, 3.05) is 4.90 Å². The van der Waals surface area contributed by atoms with Crippen molar-refractivity contribution >= 4 is 44.2 Å². The first-order valence-corrected chi connectivity index (χ1v) is 10.1. The topological polar surface area (TPSA) is 46.1 Å². The highest BCUT2D eigenvalue weighted by molar-refractivity contribution is 7.22. The third kappa shape index (κ3) is 3.77. The molecule has 0 aliphatic rings. The van der Waals surface area contributed by atoms with E-state index in [1.807, 2.05) is 25.1 Å². The Kier molecular flexibility index (Phi) is 5.11. The normalized spacial score (nSPS) is 11.0. The lowest BCUT2D eigenvalue weighted by molar-refractivity contribution is 0.0985. The molecule has 0 radical (unpaired) electrons. The van der Waals surface area contributed by atoms with Crippen LogP contribution >= 0.6 is 22.9 Å². The molecule has 4 nitrogen and oxygen atoms in total. The van der Waals surface area contributed by atoms with Crippen LogP contribution in [0.15, 0.2) is 60.8 Å². The van der Waals surface area contributed by atoms with E-state index in [4.69, 9.17) is 16.6 Å². The fraction of sp³-hybridized carbons (Fsp3) is 0.136. The molecule has 6 heteroatoms. The van der Waals surface area contributed by atoms with Crippen LogP contribution in [0.3, 0.4) is 0 Å². The number of hydrogen-bond acceptors (Lipinski definition) is 4. The van der Waals surface area contributed by atoms with Gasteiger partial charge in [-0.3, -0.25) is 14.7 Å². The third-order valence-corrected chi connectivity index (χ3v) is 5.71. The van der Waals surface area contributed by atoms with Crippen LogP contribution in [-0.2, 0) is 6.54 Å². The van der Waals surface area contributed by atoms with Crippen molar-refractivity contribution in [3.8, 4) is 0 Å². The molecule has 2 heterocycles. The summed E-state index contributed by atoms with van der Waals surface area (Å²) in [5.41, 5.74) is 4.58. The summed E-state index contributed by atoms with van der Waals surface area (Å²) in [4.78, 5) is 24.2. The molecule has 0 aliphatic heterocycles. The summed E-state index contributed by atoms with van der Waals surface area (Å²) in [6.45, 7) is 4.46. The van der Waals surface area contributed by atoms with E-state index in [1.54, 1.807) is 35.4 Å². The molecular formula is C22H18ClN3OS. The number of halogens is 1. The number of anilines is 1. The highest BCUT2D eigenvalue weighted by Crippen LogP contribution is 2.33. The van der Waals surface area contributed by atoms with Gasteiger partial charge in [-0.05, 0) is 67.4 Å². The molecule has 0 fully saturated rings. The van der Waals surface area contributed by atoms with E-state index in [2.05, 4.69) is 24.0 Å². The van der Waals surface area contributed by atoms with Crippen molar-refractivity contribution in [2.24, 2.45) is 0 Å². The molecule has 28 heavy (non-hydrogen) atoms. The smallest absolute Gasteiger partial charge is 0.260 e. The van der Waals surface area contributed by atoms with E-state index >= 15 is 0 Å². The highest BCUT2D eigenvalue weighted by Gasteiger charge is 2.22. The quantitative estimate of drug-likeness (QED) is 0.429. The van der Waals surface area contributed by atoms with Crippen molar-refractivity contribution in [2.45, 2.75) is 20.4 Å². The fourth-order valence-electron chi connectivity index (χ4n) is 3.10. The third-order valence-electron chi connectivity index (χ3n) is 4.43. The molecule has 0 N–H and O–H groups in total. The first kappa shape index (κ1) is 18.6. The van der Waals surface area contributed by atoms with Gasteiger partial charge in [-0.15, -0.1) is 0 Å². The lowest BCUT2D eigenvalue weighted by atomic mass is 10.1. The number of carbonyl (C=O) groups excluding carboxylic acids is 1. The van der Waals surface area contributed by atoms with Gasteiger partial charge in [-0.25, -0.2) is 4.98 Å². The Labute approximate surface area is 172 Å². The maximum absolute atomic E-state index is 13.3. The molecule has 0 unspecified atom stereocenters. The van der Waals surface area contributed by atoms with E-state index in [9.17, 15) is 4.79 Å². The van der Waals surface area contributed by atoms with Gasteiger partial charge in [0.25, 0.3) is 5.91 Å². The molecule has 0 saturated heterocycles. The second-order valence-corrected chi connectivity index (χ2v) is 8.09. The zero-order valence-electron chi connectivity index (χ0n) is 15.5. The molecule has 0 saturated carbocycles. The summed E-state index contributed by atoms with van der Waals surface area (Å²) in [5, 5.41) is 1.26. The molecule has 0 bridgehead atoms. The number of rotatable bonds is 4. The number of aromatic nitrogens is 2. The number of fused-ring (bicyclic) bond motifs is 1. The number of thiazole rings is 1. The van der Waals surface area contributed by atoms with Crippen LogP contribution in [0.25, 0.3) is 10.2 Å². The van der Waals surface area contributed by atoms with E-state index in [1.165, 1.54) is 16.9 Å². The van der Waals surface area contributed by atoms with Gasteiger partial charge in [0.2, 0.25) is 0 Å². The van der Waals surface area contributed by atoms with Crippen LogP contribution in [0.4, 0.5) is 5.13 Å². The van der Waals surface area contributed by atoms with E-state index < -0.39 is 0 Å². The van der Waals surface area contributed by atoms with Crippen LogP contribution in [0.2, 0.25) is 5.02 Å². The molecule has 4 aromatic rings. The largest absolute Gasteiger partial charge is 0.278 e. The van der Waals surface area contributed by atoms with E-state index in [0.29, 0.717) is 22.3 Å². The second kappa shape index (κ2) is 7.70. The minimum atomic E-state index is -0.129. The molecule has 0 aliphatic carbocycles. The van der Waals surface area contributed by atoms with Crippen LogP contribution in [0, 0.1) is 13.8 Å². The van der Waals surface area contributed by atoms with Gasteiger partial charge < -0.3 is 0 Å². The van der Waals surface area contributed by atoms with Gasteiger partial charge in [-0.2, -0.15) is 0 Å². The van der Waals surface area contributed by atoms with Crippen LogP contribution < -0.4 is 4.90 Å². The molecule has 1 amide bonds. The average Bonchev–Trinajstić information content (AvgIpc) is 3.11. The van der Waals surface area contributed by atoms with Gasteiger partial charge in [0.05, 0.1) is 22.5 Å². The Morgan fingerprint density at radius 2 is 1.89 bits per heavy atom. The first-order valence-electron chi connectivity index (χ1n) is 8.86. The molecule has 140 valence electrons. The minimum absolute atomic E-state index is 0.129. The average molecular weight is 408 g/mol. The van der Waals surface area contributed by atoms with Crippen molar-refractivity contribution < 1.29 is 4.79 Å². The van der Waals surface area contributed by atoms with Crippen molar-refractivity contribution in [3.63, 3.8) is 0 Å². The molecule has 2 aromatic carbocycles. The SMILES string of the molecule is Cc1cc(C)c2nc(N(Cc3ccccn3)C(=O)c3ccc(Cl)cc3)sc2c1.